The van der Waals surface area contributed by atoms with Gasteiger partial charge in [-0.25, -0.2) is 4.79 Å². The van der Waals surface area contributed by atoms with Gasteiger partial charge in [0.2, 0.25) is 0 Å². The standard InChI is InChI=1S/C11H22N2O3/c1-11(2,3)16-10(14)13-6-9-5-4-8(12)7-15-9/h8-9H,4-7,12H2,1-3H3,(H,13,14). The third kappa shape index (κ3) is 5.32. The second-order valence-corrected chi connectivity index (χ2v) is 5.18. The van der Waals surface area contributed by atoms with E-state index >= 15 is 0 Å². The Bertz CT molecular complexity index is 230. The van der Waals surface area contributed by atoms with Crippen molar-refractivity contribution in [1.29, 1.82) is 0 Å². The highest BCUT2D eigenvalue weighted by Gasteiger charge is 2.21. The Morgan fingerprint density at radius 2 is 2.19 bits per heavy atom. The van der Waals surface area contributed by atoms with E-state index in [0.29, 0.717) is 13.2 Å². The molecule has 0 aliphatic carbocycles. The lowest BCUT2D eigenvalue weighted by molar-refractivity contribution is 0.00211. The number of alkyl carbamates (subject to hydrolysis) is 1. The topological polar surface area (TPSA) is 73.6 Å². The highest BCUT2D eigenvalue weighted by Crippen LogP contribution is 2.11. The number of ether oxygens (including phenoxy) is 2. The Labute approximate surface area is 96.7 Å². The smallest absolute Gasteiger partial charge is 0.407 e. The van der Waals surface area contributed by atoms with Gasteiger partial charge in [-0.2, -0.15) is 0 Å². The molecule has 1 saturated heterocycles. The third-order valence-corrected chi connectivity index (χ3v) is 2.28. The maximum Gasteiger partial charge on any atom is 0.407 e. The van der Waals surface area contributed by atoms with Gasteiger partial charge in [0.1, 0.15) is 5.60 Å². The summed E-state index contributed by atoms with van der Waals surface area (Å²) in [5.74, 6) is 0. The number of nitrogens with two attached hydrogens (primary N) is 1. The van der Waals surface area contributed by atoms with Crippen LogP contribution >= 0.6 is 0 Å². The van der Waals surface area contributed by atoms with Crippen molar-refractivity contribution in [2.75, 3.05) is 13.2 Å². The molecule has 0 saturated carbocycles. The molecule has 1 heterocycles. The molecular formula is C11H22N2O3. The number of rotatable bonds is 2. The molecule has 0 radical (unpaired) electrons. The van der Waals surface area contributed by atoms with Gasteiger partial charge in [-0.1, -0.05) is 0 Å². The molecule has 1 rings (SSSR count). The number of carbonyl (C=O) groups is 1. The molecule has 0 aromatic carbocycles. The minimum Gasteiger partial charge on any atom is -0.444 e. The van der Waals surface area contributed by atoms with Gasteiger partial charge in [0, 0.05) is 12.6 Å². The Morgan fingerprint density at radius 1 is 1.50 bits per heavy atom. The Balaban J connectivity index is 2.17. The molecule has 2 atom stereocenters. The van der Waals surface area contributed by atoms with Crippen molar-refractivity contribution >= 4 is 6.09 Å². The van der Waals surface area contributed by atoms with Crippen molar-refractivity contribution in [2.24, 2.45) is 5.73 Å². The van der Waals surface area contributed by atoms with Crippen LogP contribution in [0.1, 0.15) is 33.6 Å². The fourth-order valence-electron chi connectivity index (χ4n) is 1.50. The van der Waals surface area contributed by atoms with Crippen molar-refractivity contribution in [3.8, 4) is 0 Å². The summed E-state index contributed by atoms with van der Waals surface area (Å²) in [6.45, 7) is 6.57. The minimum atomic E-state index is -0.458. The van der Waals surface area contributed by atoms with E-state index in [9.17, 15) is 4.79 Å². The highest BCUT2D eigenvalue weighted by molar-refractivity contribution is 5.67. The first-order valence-electron chi connectivity index (χ1n) is 5.71. The number of amides is 1. The summed E-state index contributed by atoms with van der Waals surface area (Å²) in [7, 11) is 0. The lowest BCUT2D eigenvalue weighted by Crippen LogP contribution is -2.42. The SMILES string of the molecule is CC(C)(C)OC(=O)NCC1CCC(N)CO1. The van der Waals surface area contributed by atoms with E-state index in [-0.39, 0.29) is 12.1 Å². The lowest BCUT2D eigenvalue weighted by Gasteiger charge is -2.27. The van der Waals surface area contributed by atoms with Crippen molar-refractivity contribution in [2.45, 2.75) is 51.4 Å². The first-order valence-corrected chi connectivity index (χ1v) is 5.71. The summed E-state index contributed by atoms with van der Waals surface area (Å²) in [5.41, 5.74) is 5.24. The van der Waals surface area contributed by atoms with E-state index in [4.69, 9.17) is 15.2 Å². The van der Waals surface area contributed by atoms with Gasteiger partial charge in [-0.05, 0) is 33.6 Å². The average molecular weight is 230 g/mol. The van der Waals surface area contributed by atoms with Gasteiger partial charge in [-0.15, -0.1) is 0 Å². The lowest BCUT2D eigenvalue weighted by atomic mass is 10.1. The molecule has 0 spiro atoms. The van der Waals surface area contributed by atoms with Crippen LogP contribution in [0.15, 0.2) is 0 Å². The van der Waals surface area contributed by atoms with Crippen molar-refractivity contribution in [3.05, 3.63) is 0 Å². The summed E-state index contributed by atoms with van der Waals surface area (Å²) >= 11 is 0. The molecule has 1 amide bonds. The van der Waals surface area contributed by atoms with Crippen LogP contribution in [-0.2, 0) is 9.47 Å². The number of carbonyl (C=O) groups excluding carboxylic acids is 1. The van der Waals surface area contributed by atoms with Crippen LogP contribution in [0.3, 0.4) is 0 Å². The van der Waals surface area contributed by atoms with Crippen LogP contribution in [0, 0.1) is 0 Å². The molecule has 1 aliphatic rings. The molecule has 16 heavy (non-hydrogen) atoms. The van der Waals surface area contributed by atoms with Crippen LogP contribution in [0.5, 0.6) is 0 Å². The van der Waals surface area contributed by atoms with E-state index < -0.39 is 11.7 Å². The molecule has 0 aromatic heterocycles. The molecule has 1 aliphatic heterocycles. The zero-order valence-electron chi connectivity index (χ0n) is 10.3. The molecule has 3 N–H and O–H groups in total. The van der Waals surface area contributed by atoms with E-state index in [2.05, 4.69) is 5.32 Å². The second kappa shape index (κ2) is 5.50. The van der Waals surface area contributed by atoms with Crippen LogP contribution in [-0.4, -0.2) is 37.0 Å². The monoisotopic (exact) mass is 230 g/mol. The van der Waals surface area contributed by atoms with Crippen molar-refractivity contribution in [3.63, 3.8) is 0 Å². The van der Waals surface area contributed by atoms with E-state index in [0.717, 1.165) is 12.8 Å². The minimum absolute atomic E-state index is 0.0623. The summed E-state index contributed by atoms with van der Waals surface area (Å²) in [6.07, 6.45) is 1.50. The number of hydrogen-bond acceptors (Lipinski definition) is 4. The molecule has 0 bridgehead atoms. The largest absolute Gasteiger partial charge is 0.444 e. The Morgan fingerprint density at radius 3 is 2.69 bits per heavy atom. The Hall–Kier alpha value is -0.810. The van der Waals surface area contributed by atoms with Gasteiger partial charge in [-0.3, -0.25) is 0 Å². The van der Waals surface area contributed by atoms with Gasteiger partial charge < -0.3 is 20.5 Å². The number of nitrogens with one attached hydrogen (secondary N) is 1. The van der Waals surface area contributed by atoms with Gasteiger partial charge in [0.15, 0.2) is 0 Å². The first-order chi connectivity index (χ1) is 7.37. The predicted molar refractivity (Wildman–Crippen MR) is 61.2 cm³/mol. The molecule has 1 fully saturated rings. The van der Waals surface area contributed by atoms with Gasteiger partial charge in [0.05, 0.1) is 12.7 Å². The number of hydrogen-bond donors (Lipinski definition) is 2. The van der Waals surface area contributed by atoms with Crippen LogP contribution in [0.25, 0.3) is 0 Å². The summed E-state index contributed by atoms with van der Waals surface area (Å²) in [5, 5.41) is 2.70. The molecule has 94 valence electrons. The van der Waals surface area contributed by atoms with Crippen molar-refractivity contribution < 1.29 is 14.3 Å². The molecular weight excluding hydrogens is 208 g/mol. The quantitative estimate of drug-likeness (QED) is 0.742. The summed E-state index contributed by atoms with van der Waals surface area (Å²) in [6, 6.07) is 0.137. The van der Waals surface area contributed by atoms with Gasteiger partial charge in [0.25, 0.3) is 0 Å². The van der Waals surface area contributed by atoms with E-state index in [1.54, 1.807) is 0 Å². The molecule has 2 unspecified atom stereocenters. The Kier molecular flexibility index (Phi) is 4.56. The molecule has 0 aromatic rings. The van der Waals surface area contributed by atoms with E-state index in [1.165, 1.54) is 0 Å². The summed E-state index contributed by atoms with van der Waals surface area (Å²) < 4.78 is 10.6. The maximum absolute atomic E-state index is 11.4. The first kappa shape index (κ1) is 13.3. The normalized spacial score (nSPS) is 26.2. The molecule has 5 heteroatoms. The summed E-state index contributed by atoms with van der Waals surface area (Å²) in [4.78, 5) is 11.4. The maximum atomic E-state index is 11.4. The zero-order chi connectivity index (χ0) is 12.2. The van der Waals surface area contributed by atoms with Crippen LogP contribution in [0.2, 0.25) is 0 Å². The highest BCUT2D eigenvalue weighted by atomic mass is 16.6. The van der Waals surface area contributed by atoms with E-state index in [1.807, 2.05) is 20.8 Å². The third-order valence-electron chi connectivity index (χ3n) is 2.28. The van der Waals surface area contributed by atoms with Crippen LogP contribution < -0.4 is 11.1 Å². The predicted octanol–water partition coefficient (Wildman–Crippen LogP) is 1.02. The average Bonchev–Trinajstić information content (AvgIpc) is 2.14. The zero-order valence-corrected chi connectivity index (χ0v) is 10.3. The van der Waals surface area contributed by atoms with Gasteiger partial charge >= 0.3 is 6.09 Å². The molecule has 5 nitrogen and oxygen atoms in total. The fourth-order valence-corrected chi connectivity index (χ4v) is 1.50. The van der Waals surface area contributed by atoms with Crippen molar-refractivity contribution in [1.82, 2.24) is 5.32 Å². The van der Waals surface area contributed by atoms with Crippen LogP contribution in [0.4, 0.5) is 4.79 Å². The second-order valence-electron chi connectivity index (χ2n) is 5.18. The fraction of sp³-hybridized carbons (Fsp3) is 0.909.